The number of nitrogens with zero attached hydrogens (tertiary/aromatic N) is 1. The molecule has 2 rings (SSSR count). The lowest BCUT2D eigenvalue weighted by molar-refractivity contribution is -0.117. The number of hydrogen-bond donors (Lipinski definition) is 2. The van der Waals surface area contributed by atoms with E-state index in [0.29, 0.717) is 12.2 Å². The SMILES string of the molecule is CCN(C(=O)Cc1cccc(O)c1)c1cccc(O)c1. The van der Waals surface area contributed by atoms with E-state index in [0.717, 1.165) is 5.56 Å². The van der Waals surface area contributed by atoms with E-state index in [1.165, 1.54) is 0 Å². The molecule has 0 heterocycles. The summed E-state index contributed by atoms with van der Waals surface area (Å²) >= 11 is 0. The minimum Gasteiger partial charge on any atom is -0.508 e. The smallest absolute Gasteiger partial charge is 0.231 e. The normalized spacial score (nSPS) is 10.2. The molecule has 104 valence electrons. The Labute approximate surface area is 117 Å². The molecular formula is C16H17NO3. The number of anilines is 1. The van der Waals surface area contributed by atoms with Gasteiger partial charge in [0, 0.05) is 18.3 Å². The van der Waals surface area contributed by atoms with Gasteiger partial charge in [0.1, 0.15) is 11.5 Å². The van der Waals surface area contributed by atoms with E-state index >= 15 is 0 Å². The number of phenols is 2. The molecule has 0 aliphatic heterocycles. The third-order valence-corrected chi connectivity index (χ3v) is 3.02. The van der Waals surface area contributed by atoms with Crippen LogP contribution < -0.4 is 4.90 Å². The highest BCUT2D eigenvalue weighted by Gasteiger charge is 2.15. The van der Waals surface area contributed by atoms with Crippen LogP contribution in [0.5, 0.6) is 11.5 Å². The summed E-state index contributed by atoms with van der Waals surface area (Å²) in [4.78, 5) is 13.9. The summed E-state index contributed by atoms with van der Waals surface area (Å²) in [7, 11) is 0. The molecule has 20 heavy (non-hydrogen) atoms. The van der Waals surface area contributed by atoms with E-state index < -0.39 is 0 Å². The van der Waals surface area contributed by atoms with Crippen molar-refractivity contribution in [2.45, 2.75) is 13.3 Å². The van der Waals surface area contributed by atoms with Gasteiger partial charge in [-0.2, -0.15) is 0 Å². The van der Waals surface area contributed by atoms with Crippen molar-refractivity contribution in [3.63, 3.8) is 0 Å². The van der Waals surface area contributed by atoms with Gasteiger partial charge in [-0.3, -0.25) is 4.79 Å². The summed E-state index contributed by atoms with van der Waals surface area (Å²) in [6.45, 7) is 2.39. The second-order valence-corrected chi connectivity index (χ2v) is 4.50. The van der Waals surface area contributed by atoms with E-state index in [9.17, 15) is 15.0 Å². The van der Waals surface area contributed by atoms with Gasteiger partial charge >= 0.3 is 0 Å². The van der Waals surface area contributed by atoms with Gasteiger partial charge in [-0.1, -0.05) is 18.2 Å². The minimum atomic E-state index is -0.0799. The Morgan fingerprint density at radius 1 is 1.05 bits per heavy atom. The van der Waals surface area contributed by atoms with Gasteiger partial charge in [0.25, 0.3) is 0 Å². The zero-order chi connectivity index (χ0) is 14.5. The molecule has 0 aromatic heterocycles. The Hall–Kier alpha value is -2.49. The molecule has 1 amide bonds. The molecule has 0 aliphatic carbocycles. The second kappa shape index (κ2) is 6.10. The number of benzene rings is 2. The van der Waals surface area contributed by atoms with Crippen molar-refractivity contribution in [1.82, 2.24) is 0 Å². The molecular weight excluding hydrogens is 254 g/mol. The average Bonchev–Trinajstić information content (AvgIpc) is 2.39. The molecule has 0 fully saturated rings. The molecule has 0 atom stereocenters. The van der Waals surface area contributed by atoms with Gasteiger partial charge in [-0.05, 0) is 36.8 Å². The fraction of sp³-hybridized carbons (Fsp3) is 0.188. The molecule has 0 radical (unpaired) electrons. The molecule has 2 aromatic carbocycles. The van der Waals surface area contributed by atoms with Crippen molar-refractivity contribution < 1.29 is 15.0 Å². The maximum absolute atomic E-state index is 12.3. The number of hydrogen-bond acceptors (Lipinski definition) is 3. The monoisotopic (exact) mass is 271 g/mol. The maximum Gasteiger partial charge on any atom is 0.231 e. The van der Waals surface area contributed by atoms with E-state index in [-0.39, 0.29) is 23.8 Å². The number of aromatic hydroxyl groups is 2. The van der Waals surface area contributed by atoms with Crippen LogP contribution in [-0.4, -0.2) is 22.7 Å². The van der Waals surface area contributed by atoms with Crippen molar-refractivity contribution in [3.8, 4) is 11.5 Å². The first-order chi connectivity index (χ1) is 9.60. The van der Waals surface area contributed by atoms with Crippen LogP contribution in [0.25, 0.3) is 0 Å². The average molecular weight is 271 g/mol. The number of carbonyl (C=O) groups is 1. The van der Waals surface area contributed by atoms with E-state index in [4.69, 9.17) is 0 Å². The van der Waals surface area contributed by atoms with Crippen LogP contribution in [0.4, 0.5) is 5.69 Å². The first-order valence-corrected chi connectivity index (χ1v) is 6.47. The molecule has 0 unspecified atom stereocenters. The fourth-order valence-electron chi connectivity index (χ4n) is 2.10. The summed E-state index contributed by atoms with van der Waals surface area (Å²) in [5, 5.41) is 18.9. The molecule has 0 saturated carbocycles. The Bertz CT molecular complexity index is 610. The highest BCUT2D eigenvalue weighted by atomic mass is 16.3. The lowest BCUT2D eigenvalue weighted by Crippen LogP contribution is -2.31. The molecule has 0 saturated heterocycles. The van der Waals surface area contributed by atoms with Gasteiger partial charge in [-0.25, -0.2) is 0 Å². The van der Waals surface area contributed by atoms with Crippen molar-refractivity contribution in [2.75, 3.05) is 11.4 Å². The molecule has 4 nitrogen and oxygen atoms in total. The van der Waals surface area contributed by atoms with Crippen LogP contribution in [0.2, 0.25) is 0 Å². The van der Waals surface area contributed by atoms with Crippen LogP contribution in [0, 0.1) is 0 Å². The van der Waals surface area contributed by atoms with Crippen LogP contribution in [0.15, 0.2) is 48.5 Å². The predicted molar refractivity (Wildman–Crippen MR) is 77.9 cm³/mol. The predicted octanol–water partition coefficient (Wildman–Crippen LogP) is 2.69. The van der Waals surface area contributed by atoms with E-state index in [1.54, 1.807) is 53.4 Å². The Balaban J connectivity index is 2.17. The van der Waals surface area contributed by atoms with Gasteiger partial charge < -0.3 is 15.1 Å². The first kappa shape index (κ1) is 13.9. The molecule has 0 aliphatic rings. The van der Waals surface area contributed by atoms with Crippen molar-refractivity contribution in [1.29, 1.82) is 0 Å². The molecule has 2 N–H and O–H groups in total. The molecule has 2 aromatic rings. The van der Waals surface area contributed by atoms with Crippen molar-refractivity contribution in [2.24, 2.45) is 0 Å². The van der Waals surface area contributed by atoms with Gasteiger partial charge in [0.05, 0.1) is 6.42 Å². The van der Waals surface area contributed by atoms with Crippen LogP contribution in [0.1, 0.15) is 12.5 Å². The third kappa shape index (κ3) is 3.29. The maximum atomic E-state index is 12.3. The fourth-order valence-corrected chi connectivity index (χ4v) is 2.10. The summed E-state index contributed by atoms with van der Waals surface area (Å²) in [5.74, 6) is 0.200. The van der Waals surface area contributed by atoms with Crippen molar-refractivity contribution in [3.05, 3.63) is 54.1 Å². The zero-order valence-electron chi connectivity index (χ0n) is 11.3. The number of amides is 1. The number of likely N-dealkylation sites (N-methyl/N-ethyl adjacent to an activating group) is 1. The topological polar surface area (TPSA) is 60.8 Å². The lowest BCUT2D eigenvalue weighted by atomic mass is 10.1. The van der Waals surface area contributed by atoms with Crippen LogP contribution in [0.3, 0.4) is 0 Å². The number of phenolic OH excluding ortho intramolecular Hbond substituents is 2. The van der Waals surface area contributed by atoms with E-state index in [1.807, 2.05) is 6.92 Å². The summed E-state index contributed by atoms with van der Waals surface area (Å²) < 4.78 is 0. The Kier molecular flexibility index (Phi) is 4.25. The van der Waals surface area contributed by atoms with Crippen LogP contribution >= 0.6 is 0 Å². The number of rotatable bonds is 4. The molecule has 0 bridgehead atoms. The van der Waals surface area contributed by atoms with Gasteiger partial charge in [-0.15, -0.1) is 0 Å². The molecule has 0 spiro atoms. The van der Waals surface area contributed by atoms with Gasteiger partial charge in [0.15, 0.2) is 0 Å². The largest absolute Gasteiger partial charge is 0.508 e. The highest BCUT2D eigenvalue weighted by molar-refractivity contribution is 5.94. The standard InChI is InChI=1S/C16H17NO3/c1-2-17(13-6-4-8-15(19)11-13)16(20)10-12-5-3-7-14(18)9-12/h3-9,11,18-19H,2,10H2,1H3. The lowest BCUT2D eigenvalue weighted by Gasteiger charge is -2.21. The van der Waals surface area contributed by atoms with Crippen LogP contribution in [-0.2, 0) is 11.2 Å². The van der Waals surface area contributed by atoms with Gasteiger partial charge in [0.2, 0.25) is 5.91 Å². The third-order valence-electron chi connectivity index (χ3n) is 3.02. The second-order valence-electron chi connectivity index (χ2n) is 4.50. The molecule has 4 heteroatoms. The van der Waals surface area contributed by atoms with E-state index in [2.05, 4.69) is 0 Å². The van der Waals surface area contributed by atoms with Crippen molar-refractivity contribution >= 4 is 11.6 Å². The quantitative estimate of drug-likeness (QED) is 0.898. The first-order valence-electron chi connectivity index (χ1n) is 6.47. The Morgan fingerprint density at radius 2 is 1.70 bits per heavy atom. The summed E-state index contributed by atoms with van der Waals surface area (Å²) in [6.07, 6.45) is 0.206. The summed E-state index contributed by atoms with van der Waals surface area (Å²) in [5.41, 5.74) is 1.42. The number of carbonyl (C=O) groups excluding carboxylic acids is 1. The Morgan fingerprint density at radius 3 is 2.30 bits per heavy atom. The highest BCUT2D eigenvalue weighted by Crippen LogP contribution is 2.21. The minimum absolute atomic E-state index is 0.0799. The summed E-state index contributed by atoms with van der Waals surface area (Å²) in [6, 6.07) is 13.3. The zero-order valence-corrected chi connectivity index (χ0v) is 11.3.